The molecule has 8 nitrogen and oxygen atoms in total. The van der Waals surface area contributed by atoms with Crippen LogP contribution >= 0.6 is 0 Å². The first kappa shape index (κ1) is 19.3. The molecule has 2 aromatic carbocycles. The summed E-state index contributed by atoms with van der Waals surface area (Å²) in [7, 11) is 3.53. The molecule has 2 N–H and O–H groups in total. The molecule has 0 saturated heterocycles. The van der Waals surface area contributed by atoms with Crippen LogP contribution in [0.15, 0.2) is 75.2 Å². The standard InChI is InChI=1S/C22H22N6O2/c1-15-20(22(30)28(25(15)2)17-12-8-5-9-13-17)24-14-18-19(23)21(29)27(26(18)3)16-10-6-4-7-11-16/h4-14H,23H2,1-3H3. The molecule has 0 bridgehead atoms. The van der Waals surface area contributed by atoms with Crippen molar-refractivity contribution in [2.45, 2.75) is 6.92 Å². The predicted molar refractivity (Wildman–Crippen MR) is 118 cm³/mol. The average Bonchev–Trinajstić information content (AvgIpc) is 3.10. The van der Waals surface area contributed by atoms with Crippen molar-refractivity contribution in [1.82, 2.24) is 18.7 Å². The summed E-state index contributed by atoms with van der Waals surface area (Å²) < 4.78 is 6.41. The zero-order chi connectivity index (χ0) is 21.4. The van der Waals surface area contributed by atoms with Crippen LogP contribution in [0, 0.1) is 6.92 Å². The van der Waals surface area contributed by atoms with Gasteiger partial charge in [-0.15, -0.1) is 0 Å². The van der Waals surface area contributed by atoms with Crippen LogP contribution in [0.2, 0.25) is 0 Å². The maximum Gasteiger partial charge on any atom is 0.297 e. The van der Waals surface area contributed by atoms with E-state index in [1.54, 1.807) is 28.1 Å². The fourth-order valence-electron chi connectivity index (χ4n) is 3.48. The molecule has 0 aliphatic rings. The van der Waals surface area contributed by atoms with E-state index in [0.29, 0.717) is 22.8 Å². The predicted octanol–water partition coefficient (Wildman–Crippen LogP) is 2.31. The number of nitrogens with zero attached hydrogens (tertiary/aromatic N) is 5. The lowest BCUT2D eigenvalue weighted by Gasteiger charge is -2.07. The van der Waals surface area contributed by atoms with Gasteiger partial charge in [0.05, 0.1) is 23.3 Å². The number of hydrogen-bond donors (Lipinski definition) is 1. The molecule has 0 fully saturated rings. The number of aliphatic imine (C=N–C) groups is 1. The fourth-order valence-corrected chi connectivity index (χ4v) is 3.48. The van der Waals surface area contributed by atoms with Crippen LogP contribution in [0.5, 0.6) is 0 Å². The molecule has 2 aromatic heterocycles. The monoisotopic (exact) mass is 402 g/mol. The second-order valence-electron chi connectivity index (χ2n) is 6.94. The van der Waals surface area contributed by atoms with Gasteiger partial charge in [-0.05, 0) is 31.2 Å². The van der Waals surface area contributed by atoms with Crippen molar-refractivity contribution < 1.29 is 0 Å². The minimum absolute atomic E-state index is 0.0714. The number of aromatic nitrogens is 4. The van der Waals surface area contributed by atoms with Gasteiger partial charge < -0.3 is 5.73 Å². The summed E-state index contributed by atoms with van der Waals surface area (Å²) in [6.45, 7) is 1.82. The lowest BCUT2D eigenvalue weighted by molar-refractivity contribution is 0.630. The normalized spacial score (nSPS) is 11.4. The summed E-state index contributed by atoms with van der Waals surface area (Å²) >= 11 is 0. The van der Waals surface area contributed by atoms with Crippen molar-refractivity contribution in [3.8, 4) is 11.4 Å². The molecule has 0 atom stereocenters. The number of para-hydroxylation sites is 2. The Morgan fingerprint density at radius 1 is 0.800 bits per heavy atom. The van der Waals surface area contributed by atoms with E-state index in [9.17, 15) is 9.59 Å². The molecule has 0 aliphatic heterocycles. The van der Waals surface area contributed by atoms with Crippen LogP contribution in [-0.4, -0.2) is 24.9 Å². The molecule has 0 saturated carbocycles. The smallest absolute Gasteiger partial charge is 0.297 e. The first-order chi connectivity index (χ1) is 14.4. The van der Waals surface area contributed by atoms with Crippen LogP contribution in [-0.2, 0) is 14.1 Å². The zero-order valence-electron chi connectivity index (χ0n) is 17.0. The number of nitrogens with two attached hydrogens (primary N) is 1. The topological polar surface area (TPSA) is 92.2 Å². The highest BCUT2D eigenvalue weighted by atomic mass is 16.1. The Labute approximate surface area is 172 Å². The molecule has 0 amide bonds. The molecule has 2 heterocycles. The Balaban J connectivity index is 1.82. The second kappa shape index (κ2) is 7.40. The molecule has 4 rings (SSSR count). The summed E-state index contributed by atoms with van der Waals surface area (Å²) in [6, 6.07) is 18.6. The van der Waals surface area contributed by atoms with Crippen molar-refractivity contribution in [1.29, 1.82) is 0 Å². The summed E-state index contributed by atoms with van der Waals surface area (Å²) in [4.78, 5) is 30.1. The quantitative estimate of drug-likeness (QED) is 0.531. The third-order valence-electron chi connectivity index (χ3n) is 5.19. The first-order valence-corrected chi connectivity index (χ1v) is 9.42. The highest BCUT2D eigenvalue weighted by Gasteiger charge is 2.18. The van der Waals surface area contributed by atoms with E-state index in [-0.39, 0.29) is 16.8 Å². The van der Waals surface area contributed by atoms with Crippen LogP contribution in [0.4, 0.5) is 11.4 Å². The Morgan fingerprint density at radius 3 is 1.83 bits per heavy atom. The highest BCUT2D eigenvalue weighted by molar-refractivity contribution is 5.86. The van der Waals surface area contributed by atoms with Gasteiger partial charge in [0.1, 0.15) is 11.4 Å². The van der Waals surface area contributed by atoms with Crippen LogP contribution in [0.25, 0.3) is 11.4 Å². The molecule has 8 heteroatoms. The van der Waals surface area contributed by atoms with Crippen molar-refractivity contribution in [3.05, 3.63) is 92.8 Å². The summed E-state index contributed by atoms with van der Waals surface area (Å²) in [5.41, 5.74) is 8.42. The summed E-state index contributed by atoms with van der Waals surface area (Å²) in [6.07, 6.45) is 1.47. The van der Waals surface area contributed by atoms with E-state index in [0.717, 1.165) is 5.69 Å². The fraction of sp³-hybridized carbons (Fsp3) is 0.136. The van der Waals surface area contributed by atoms with Gasteiger partial charge in [-0.2, -0.15) is 0 Å². The van der Waals surface area contributed by atoms with E-state index in [1.165, 1.54) is 10.9 Å². The van der Waals surface area contributed by atoms with E-state index in [2.05, 4.69) is 4.99 Å². The maximum atomic E-state index is 13.0. The lowest BCUT2D eigenvalue weighted by Crippen LogP contribution is -2.20. The van der Waals surface area contributed by atoms with Crippen molar-refractivity contribution in [2.75, 3.05) is 5.73 Å². The summed E-state index contributed by atoms with van der Waals surface area (Å²) in [5, 5.41) is 0. The molecule has 0 radical (unpaired) electrons. The van der Waals surface area contributed by atoms with Gasteiger partial charge in [-0.3, -0.25) is 19.0 Å². The molecule has 4 aromatic rings. The van der Waals surface area contributed by atoms with E-state index in [4.69, 9.17) is 5.73 Å². The van der Waals surface area contributed by atoms with Crippen molar-refractivity contribution in [3.63, 3.8) is 0 Å². The lowest BCUT2D eigenvalue weighted by atomic mass is 10.3. The van der Waals surface area contributed by atoms with Gasteiger partial charge >= 0.3 is 0 Å². The van der Waals surface area contributed by atoms with E-state index < -0.39 is 0 Å². The van der Waals surface area contributed by atoms with Gasteiger partial charge in [-0.25, -0.2) is 14.4 Å². The second-order valence-corrected chi connectivity index (χ2v) is 6.94. The van der Waals surface area contributed by atoms with Gasteiger partial charge in [0.2, 0.25) is 0 Å². The van der Waals surface area contributed by atoms with Crippen molar-refractivity contribution in [2.24, 2.45) is 19.1 Å². The zero-order valence-corrected chi connectivity index (χ0v) is 17.0. The number of anilines is 1. The highest BCUT2D eigenvalue weighted by Crippen LogP contribution is 2.18. The van der Waals surface area contributed by atoms with Crippen LogP contribution < -0.4 is 16.9 Å². The number of hydrogen-bond acceptors (Lipinski definition) is 4. The molecule has 30 heavy (non-hydrogen) atoms. The number of rotatable bonds is 4. The molecular weight excluding hydrogens is 380 g/mol. The van der Waals surface area contributed by atoms with Crippen LogP contribution in [0.1, 0.15) is 11.4 Å². The Kier molecular flexibility index (Phi) is 4.75. The summed E-state index contributed by atoms with van der Waals surface area (Å²) in [5.74, 6) is 0. The molecule has 0 unspecified atom stereocenters. The molecule has 0 spiro atoms. The van der Waals surface area contributed by atoms with E-state index >= 15 is 0 Å². The largest absolute Gasteiger partial charge is 0.392 e. The van der Waals surface area contributed by atoms with Gasteiger partial charge in [0.15, 0.2) is 5.69 Å². The van der Waals surface area contributed by atoms with Gasteiger partial charge in [0, 0.05) is 14.1 Å². The SMILES string of the molecule is Cc1c(N=Cc2c(N)c(=O)n(-c3ccccc3)n2C)c(=O)n(-c2ccccc2)n1C. The molecular formula is C22H22N6O2. The Bertz CT molecular complexity index is 1350. The number of benzene rings is 2. The molecule has 0 aliphatic carbocycles. The minimum atomic E-state index is -0.336. The Morgan fingerprint density at radius 2 is 1.30 bits per heavy atom. The average molecular weight is 402 g/mol. The molecule has 152 valence electrons. The first-order valence-electron chi connectivity index (χ1n) is 9.42. The third-order valence-corrected chi connectivity index (χ3v) is 5.19. The maximum absolute atomic E-state index is 13.0. The van der Waals surface area contributed by atoms with Crippen LogP contribution in [0.3, 0.4) is 0 Å². The third kappa shape index (κ3) is 2.98. The van der Waals surface area contributed by atoms with Gasteiger partial charge in [0.25, 0.3) is 11.1 Å². The number of nitrogen functional groups attached to an aromatic ring is 1. The minimum Gasteiger partial charge on any atom is -0.392 e. The van der Waals surface area contributed by atoms with E-state index in [1.807, 2.05) is 67.6 Å². The van der Waals surface area contributed by atoms with Crippen molar-refractivity contribution >= 4 is 17.6 Å². The van der Waals surface area contributed by atoms with Gasteiger partial charge in [-0.1, -0.05) is 36.4 Å². The Hall–Kier alpha value is -4.07.